The van der Waals surface area contributed by atoms with E-state index >= 15 is 0 Å². The number of hydrogen-bond acceptors (Lipinski definition) is 5. The SMILES string of the molecule is Cn1cc(CCNS(=O)(=O)c2ccc(N)cc2C#N)cn1. The minimum Gasteiger partial charge on any atom is -0.399 e. The number of sulfonamides is 1. The fourth-order valence-electron chi connectivity index (χ4n) is 1.88. The lowest BCUT2D eigenvalue weighted by Gasteiger charge is -2.08. The van der Waals surface area contributed by atoms with Crippen molar-refractivity contribution in [1.29, 1.82) is 5.26 Å². The number of aryl methyl sites for hydroxylation is 1. The first-order valence-electron chi connectivity index (χ1n) is 6.19. The summed E-state index contributed by atoms with van der Waals surface area (Å²) in [6.07, 6.45) is 4.01. The largest absolute Gasteiger partial charge is 0.399 e. The molecule has 0 aliphatic heterocycles. The van der Waals surface area contributed by atoms with Crippen LogP contribution in [0.15, 0.2) is 35.5 Å². The Labute approximate surface area is 123 Å². The molecule has 0 unspecified atom stereocenters. The first-order valence-corrected chi connectivity index (χ1v) is 7.67. The van der Waals surface area contributed by atoms with E-state index in [1.165, 1.54) is 18.2 Å². The lowest BCUT2D eigenvalue weighted by Crippen LogP contribution is -2.26. The number of nitrogens with one attached hydrogen (secondary N) is 1. The quantitative estimate of drug-likeness (QED) is 0.776. The van der Waals surface area contributed by atoms with Crippen molar-refractivity contribution in [1.82, 2.24) is 14.5 Å². The molecule has 110 valence electrons. The van der Waals surface area contributed by atoms with Crippen molar-refractivity contribution in [3.8, 4) is 6.07 Å². The number of nitrogens with two attached hydrogens (primary N) is 1. The van der Waals surface area contributed by atoms with Crippen LogP contribution < -0.4 is 10.5 Å². The molecule has 0 bridgehead atoms. The average Bonchev–Trinajstić information content (AvgIpc) is 2.83. The molecular weight excluding hydrogens is 290 g/mol. The minimum atomic E-state index is -3.74. The van der Waals surface area contributed by atoms with Gasteiger partial charge in [-0.1, -0.05) is 0 Å². The van der Waals surface area contributed by atoms with Crippen molar-refractivity contribution in [2.75, 3.05) is 12.3 Å². The summed E-state index contributed by atoms with van der Waals surface area (Å²) in [6.45, 7) is 0.225. The fourth-order valence-corrected chi connectivity index (χ4v) is 3.05. The third kappa shape index (κ3) is 3.59. The summed E-state index contributed by atoms with van der Waals surface area (Å²) in [4.78, 5) is -0.0645. The van der Waals surface area contributed by atoms with Crippen molar-refractivity contribution < 1.29 is 8.42 Å². The molecule has 0 saturated heterocycles. The van der Waals surface area contributed by atoms with E-state index < -0.39 is 10.0 Å². The number of nitriles is 1. The highest BCUT2D eigenvalue weighted by molar-refractivity contribution is 7.89. The second-order valence-corrected chi connectivity index (χ2v) is 6.27. The molecule has 2 aromatic rings. The van der Waals surface area contributed by atoms with Crippen LogP contribution in [0, 0.1) is 11.3 Å². The molecule has 0 amide bonds. The Balaban J connectivity index is 2.10. The van der Waals surface area contributed by atoms with Crippen LogP contribution in [0.5, 0.6) is 0 Å². The summed E-state index contributed by atoms with van der Waals surface area (Å²) in [6, 6.07) is 5.97. The van der Waals surface area contributed by atoms with Gasteiger partial charge in [0.2, 0.25) is 10.0 Å². The normalized spacial score (nSPS) is 11.2. The fraction of sp³-hybridized carbons (Fsp3) is 0.231. The summed E-state index contributed by atoms with van der Waals surface area (Å²) >= 11 is 0. The van der Waals surface area contributed by atoms with E-state index in [-0.39, 0.29) is 17.0 Å². The third-order valence-electron chi connectivity index (χ3n) is 2.88. The van der Waals surface area contributed by atoms with Gasteiger partial charge in [0.05, 0.1) is 16.7 Å². The molecular formula is C13H15N5O2S. The molecule has 1 heterocycles. The molecule has 0 radical (unpaired) electrons. The molecule has 21 heavy (non-hydrogen) atoms. The van der Waals surface area contributed by atoms with Crippen LogP contribution in [0.3, 0.4) is 0 Å². The third-order valence-corrected chi connectivity index (χ3v) is 4.40. The van der Waals surface area contributed by atoms with Gasteiger partial charge in [-0.2, -0.15) is 10.4 Å². The van der Waals surface area contributed by atoms with Gasteiger partial charge in [-0.3, -0.25) is 4.68 Å². The van der Waals surface area contributed by atoms with Gasteiger partial charge < -0.3 is 5.73 Å². The van der Waals surface area contributed by atoms with Gasteiger partial charge in [0.15, 0.2) is 0 Å². The lowest BCUT2D eigenvalue weighted by atomic mass is 10.2. The van der Waals surface area contributed by atoms with E-state index in [2.05, 4.69) is 9.82 Å². The predicted octanol–water partition coefficient (Wildman–Crippen LogP) is 0.395. The second-order valence-electron chi connectivity index (χ2n) is 4.54. The predicted molar refractivity (Wildman–Crippen MR) is 77.7 cm³/mol. The second kappa shape index (κ2) is 5.95. The Bertz CT molecular complexity index is 789. The van der Waals surface area contributed by atoms with Gasteiger partial charge in [0.25, 0.3) is 0 Å². The van der Waals surface area contributed by atoms with Gasteiger partial charge in [-0.15, -0.1) is 0 Å². The molecule has 3 N–H and O–H groups in total. The Morgan fingerprint density at radius 1 is 1.48 bits per heavy atom. The zero-order valence-electron chi connectivity index (χ0n) is 11.4. The molecule has 8 heteroatoms. The number of nitrogen functional groups attached to an aromatic ring is 1. The summed E-state index contributed by atoms with van der Waals surface area (Å²) in [5.41, 5.74) is 6.86. The van der Waals surface area contributed by atoms with Gasteiger partial charge in [-0.05, 0) is 30.2 Å². The molecule has 2 rings (SSSR count). The molecule has 0 atom stereocenters. The van der Waals surface area contributed by atoms with Crippen LogP contribution in [-0.2, 0) is 23.5 Å². The molecule has 0 aliphatic carbocycles. The van der Waals surface area contributed by atoms with E-state index in [4.69, 9.17) is 11.0 Å². The zero-order valence-corrected chi connectivity index (χ0v) is 12.3. The highest BCUT2D eigenvalue weighted by Gasteiger charge is 2.18. The lowest BCUT2D eigenvalue weighted by molar-refractivity contribution is 0.581. The topological polar surface area (TPSA) is 114 Å². The monoisotopic (exact) mass is 305 g/mol. The Kier molecular flexibility index (Phi) is 4.26. The van der Waals surface area contributed by atoms with E-state index in [0.29, 0.717) is 12.1 Å². The molecule has 0 saturated carbocycles. The van der Waals surface area contributed by atoms with E-state index in [1.807, 2.05) is 12.3 Å². The summed E-state index contributed by atoms with van der Waals surface area (Å²) in [5.74, 6) is 0. The standard InChI is InChI=1S/C13H15N5O2S/c1-18-9-10(8-16-18)4-5-17-21(19,20)13-3-2-12(15)6-11(13)7-14/h2-3,6,8-9,17H,4-5,15H2,1H3. The van der Waals surface area contributed by atoms with Crippen LogP contribution in [0.1, 0.15) is 11.1 Å². The van der Waals surface area contributed by atoms with Gasteiger partial charge >= 0.3 is 0 Å². The van der Waals surface area contributed by atoms with Crippen molar-refractivity contribution in [3.63, 3.8) is 0 Å². The maximum Gasteiger partial charge on any atom is 0.241 e. The smallest absolute Gasteiger partial charge is 0.241 e. The highest BCUT2D eigenvalue weighted by atomic mass is 32.2. The highest BCUT2D eigenvalue weighted by Crippen LogP contribution is 2.17. The number of benzene rings is 1. The Hall–Kier alpha value is -2.37. The maximum atomic E-state index is 12.2. The average molecular weight is 305 g/mol. The van der Waals surface area contributed by atoms with Gasteiger partial charge in [0, 0.05) is 25.5 Å². The first kappa shape index (κ1) is 15.0. The van der Waals surface area contributed by atoms with Crippen LogP contribution in [0.2, 0.25) is 0 Å². The number of rotatable bonds is 5. The molecule has 0 fully saturated rings. The summed E-state index contributed by atoms with van der Waals surface area (Å²) in [7, 11) is -1.95. The number of anilines is 1. The number of hydrogen-bond donors (Lipinski definition) is 2. The Morgan fingerprint density at radius 3 is 2.86 bits per heavy atom. The first-order chi connectivity index (χ1) is 9.92. The Morgan fingerprint density at radius 2 is 2.24 bits per heavy atom. The number of aromatic nitrogens is 2. The number of nitrogens with zero attached hydrogens (tertiary/aromatic N) is 3. The van der Waals surface area contributed by atoms with Crippen LogP contribution in [0.4, 0.5) is 5.69 Å². The van der Waals surface area contributed by atoms with Crippen LogP contribution >= 0.6 is 0 Å². The molecule has 0 spiro atoms. The summed E-state index contributed by atoms with van der Waals surface area (Å²) in [5, 5.41) is 13.0. The van der Waals surface area contributed by atoms with Crippen LogP contribution in [-0.4, -0.2) is 24.7 Å². The molecule has 1 aromatic carbocycles. The van der Waals surface area contributed by atoms with Crippen molar-refractivity contribution in [2.45, 2.75) is 11.3 Å². The van der Waals surface area contributed by atoms with Crippen molar-refractivity contribution >= 4 is 15.7 Å². The molecule has 7 nitrogen and oxygen atoms in total. The van der Waals surface area contributed by atoms with Crippen LogP contribution in [0.25, 0.3) is 0 Å². The van der Waals surface area contributed by atoms with Crippen molar-refractivity contribution in [3.05, 3.63) is 41.7 Å². The maximum absolute atomic E-state index is 12.2. The van der Waals surface area contributed by atoms with E-state index in [1.54, 1.807) is 17.9 Å². The van der Waals surface area contributed by atoms with Crippen molar-refractivity contribution in [2.24, 2.45) is 7.05 Å². The van der Waals surface area contributed by atoms with E-state index in [0.717, 1.165) is 5.56 Å². The zero-order chi connectivity index (χ0) is 15.5. The van der Waals surface area contributed by atoms with E-state index in [9.17, 15) is 8.42 Å². The summed E-state index contributed by atoms with van der Waals surface area (Å²) < 4.78 is 28.5. The molecule has 1 aromatic heterocycles. The molecule has 0 aliphatic rings. The van der Waals surface area contributed by atoms with Gasteiger partial charge in [0.1, 0.15) is 6.07 Å². The van der Waals surface area contributed by atoms with Gasteiger partial charge in [-0.25, -0.2) is 13.1 Å². The minimum absolute atomic E-state index is 0.0314.